The fraction of sp³-hybridized carbons (Fsp3) is 0.548. The summed E-state index contributed by atoms with van der Waals surface area (Å²) < 4.78 is 35.5. The number of primary amides is 1. The summed E-state index contributed by atoms with van der Waals surface area (Å²) >= 11 is 0. The molecule has 0 spiro atoms. The van der Waals surface area contributed by atoms with Gasteiger partial charge in [0, 0.05) is 25.0 Å². The fourth-order valence-corrected chi connectivity index (χ4v) is 7.88. The summed E-state index contributed by atoms with van der Waals surface area (Å²) in [5, 5.41) is 9.55. The smallest absolute Gasteiger partial charge is 0.332 e. The van der Waals surface area contributed by atoms with Crippen molar-refractivity contribution in [2.45, 2.75) is 87.7 Å². The fourth-order valence-electron chi connectivity index (χ4n) is 6.66. The van der Waals surface area contributed by atoms with Crippen LogP contribution < -0.4 is 16.2 Å². The summed E-state index contributed by atoms with van der Waals surface area (Å²) in [4.78, 5) is 44.0. The van der Waals surface area contributed by atoms with E-state index in [1.807, 2.05) is 12.1 Å². The molecule has 2 aromatic carbocycles. The quantitative estimate of drug-likeness (QED) is 0.166. The Balaban J connectivity index is 1.78. The summed E-state index contributed by atoms with van der Waals surface area (Å²) in [6.45, 7) is 4.19. The average molecular weight is 629 g/mol. The highest BCUT2D eigenvalue weighted by Gasteiger charge is 2.54. The number of guanidine groups is 1. The Morgan fingerprint density at radius 3 is 2.39 bits per heavy atom. The number of rotatable bonds is 11. The van der Waals surface area contributed by atoms with Gasteiger partial charge in [-0.3, -0.25) is 15.0 Å². The van der Waals surface area contributed by atoms with Crippen molar-refractivity contribution in [3.05, 3.63) is 42.5 Å². The minimum Gasteiger partial charge on any atom is -0.464 e. The van der Waals surface area contributed by atoms with Crippen LogP contribution in [-0.4, -0.2) is 79.3 Å². The first kappa shape index (κ1) is 33.2. The highest BCUT2D eigenvalue weighted by atomic mass is 32.2. The van der Waals surface area contributed by atoms with Gasteiger partial charge in [0.1, 0.15) is 11.6 Å². The number of benzene rings is 2. The van der Waals surface area contributed by atoms with E-state index in [0.717, 1.165) is 24.6 Å². The second kappa shape index (κ2) is 13.9. The van der Waals surface area contributed by atoms with E-state index in [-0.39, 0.29) is 24.0 Å². The number of piperidine rings is 1. The lowest BCUT2D eigenvalue weighted by atomic mass is 9.76. The second-order valence-electron chi connectivity index (χ2n) is 11.9. The Morgan fingerprint density at radius 2 is 1.75 bits per heavy atom. The molecule has 0 aromatic heterocycles. The number of hydrogen-bond donors (Lipinski definition) is 4. The summed E-state index contributed by atoms with van der Waals surface area (Å²) in [6.07, 6.45) is 4.40. The number of fused-ring (bicyclic) bond motifs is 1. The minimum absolute atomic E-state index is 0.0692. The second-order valence-corrected chi connectivity index (χ2v) is 13.6. The van der Waals surface area contributed by atoms with Gasteiger partial charge in [-0.1, -0.05) is 49.6 Å². The zero-order valence-electron chi connectivity index (χ0n) is 25.5. The van der Waals surface area contributed by atoms with Crippen LogP contribution in [0.3, 0.4) is 0 Å². The maximum atomic E-state index is 14.7. The molecule has 3 atom stereocenters. The van der Waals surface area contributed by atoms with Crippen LogP contribution in [0.2, 0.25) is 0 Å². The number of esters is 1. The molecule has 1 saturated carbocycles. The van der Waals surface area contributed by atoms with Crippen LogP contribution in [-0.2, 0) is 29.1 Å². The summed E-state index contributed by atoms with van der Waals surface area (Å²) in [5.74, 6) is -2.81. The number of hydrogen-bond acceptors (Lipinski definition) is 7. The summed E-state index contributed by atoms with van der Waals surface area (Å²) in [6, 6.07) is 9.93. The van der Waals surface area contributed by atoms with Crippen molar-refractivity contribution in [1.29, 1.82) is 5.41 Å². The Bertz CT molecular complexity index is 1490. The zero-order chi connectivity index (χ0) is 32.1. The first-order valence-corrected chi connectivity index (χ1v) is 16.8. The predicted molar refractivity (Wildman–Crippen MR) is 167 cm³/mol. The number of ether oxygens (including phenoxy) is 1. The number of likely N-dealkylation sites (tertiary alicyclic amines) is 1. The van der Waals surface area contributed by atoms with Gasteiger partial charge in [0.2, 0.25) is 21.8 Å². The van der Waals surface area contributed by atoms with Crippen LogP contribution in [0.15, 0.2) is 47.4 Å². The molecule has 2 amide bonds. The van der Waals surface area contributed by atoms with Crippen molar-refractivity contribution in [2.24, 2.45) is 17.4 Å². The molecular formula is C31H44N6O6S. The first-order chi connectivity index (χ1) is 20.9. The summed E-state index contributed by atoms with van der Waals surface area (Å²) in [7, 11) is -4.30. The van der Waals surface area contributed by atoms with Gasteiger partial charge in [0.15, 0.2) is 5.96 Å². The molecule has 12 nitrogen and oxygen atoms in total. The predicted octanol–water partition coefficient (Wildman–Crippen LogP) is 2.45. The lowest BCUT2D eigenvalue weighted by molar-refractivity contribution is -0.173. The minimum atomic E-state index is -4.30. The monoisotopic (exact) mass is 628 g/mol. The van der Waals surface area contributed by atoms with Crippen molar-refractivity contribution < 1.29 is 27.5 Å². The Morgan fingerprint density at radius 1 is 1.07 bits per heavy atom. The van der Waals surface area contributed by atoms with Crippen molar-refractivity contribution >= 4 is 44.5 Å². The number of carbonyl (C=O) groups excluding carboxylic acids is 3. The van der Waals surface area contributed by atoms with E-state index in [2.05, 4.69) is 4.72 Å². The third-order valence-corrected chi connectivity index (χ3v) is 10.4. The number of nitrogens with two attached hydrogens (primary N) is 2. The van der Waals surface area contributed by atoms with Crippen LogP contribution in [0.4, 0.5) is 0 Å². The Hall–Kier alpha value is -3.71. The van der Waals surface area contributed by atoms with E-state index in [9.17, 15) is 22.8 Å². The van der Waals surface area contributed by atoms with E-state index in [4.69, 9.17) is 21.6 Å². The largest absolute Gasteiger partial charge is 0.464 e. The maximum absolute atomic E-state index is 14.7. The highest BCUT2D eigenvalue weighted by Crippen LogP contribution is 2.39. The third kappa shape index (κ3) is 7.15. The molecule has 6 N–H and O–H groups in total. The lowest BCUT2D eigenvalue weighted by Gasteiger charge is -2.51. The van der Waals surface area contributed by atoms with Gasteiger partial charge >= 0.3 is 5.97 Å². The van der Waals surface area contributed by atoms with Crippen LogP contribution >= 0.6 is 0 Å². The molecule has 2 aromatic rings. The van der Waals surface area contributed by atoms with Gasteiger partial charge in [-0.25, -0.2) is 13.2 Å². The van der Waals surface area contributed by atoms with E-state index < -0.39 is 57.8 Å². The van der Waals surface area contributed by atoms with Crippen LogP contribution in [0.25, 0.3) is 10.8 Å². The van der Waals surface area contributed by atoms with Gasteiger partial charge < -0.3 is 26.0 Å². The van der Waals surface area contributed by atoms with Gasteiger partial charge in [-0.15, -0.1) is 0 Å². The SMILES string of the molecule is CCOC(=O)C(C)([C@H]1CCCN(C(=N)N)C1)N(C(=O)[C@H](CC(N)=O)NS(=O)(=O)c1ccc2ccccc2c1)C1CCCCC1. The van der Waals surface area contributed by atoms with Crippen molar-refractivity contribution in [3.8, 4) is 0 Å². The molecule has 1 aliphatic carbocycles. The number of nitrogens with zero attached hydrogens (tertiary/aromatic N) is 2. The molecular weight excluding hydrogens is 584 g/mol. The number of nitrogens with one attached hydrogen (secondary N) is 2. The van der Waals surface area contributed by atoms with E-state index in [1.165, 1.54) is 17.0 Å². The van der Waals surface area contributed by atoms with Gasteiger partial charge in [0.25, 0.3) is 0 Å². The Kier molecular flexibility index (Phi) is 10.5. The van der Waals surface area contributed by atoms with Gasteiger partial charge in [-0.2, -0.15) is 4.72 Å². The topological polar surface area (TPSA) is 189 Å². The molecule has 4 rings (SSSR count). The van der Waals surface area contributed by atoms with E-state index in [1.54, 1.807) is 36.9 Å². The number of carbonyl (C=O) groups is 3. The standard InChI is InChI=1S/C31H44N6O6S/c1-3-43-29(40)31(2,23-12-9-17-36(20-23)30(33)34)37(24-13-5-4-6-14-24)28(39)26(19-27(32)38)35-44(41,42)25-16-15-21-10-7-8-11-22(21)18-25/h7-8,10-11,15-16,18,23-24,26,35H,3-6,9,12-14,17,19-20H2,1-2H3,(H2,32,38)(H3,33,34)/t23-,26-,31?/m0/s1. The zero-order valence-corrected chi connectivity index (χ0v) is 26.3. The molecule has 240 valence electrons. The average Bonchev–Trinajstić information content (AvgIpc) is 3.00. The summed E-state index contributed by atoms with van der Waals surface area (Å²) in [5.41, 5.74) is 9.87. The van der Waals surface area contributed by atoms with Crippen LogP contribution in [0.5, 0.6) is 0 Å². The van der Waals surface area contributed by atoms with Crippen molar-refractivity contribution in [2.75, 3.05) is 19.7 Å². The number of sulfonamides is 1. The van der Waals surface area contributed by atoms with Crippen LogP contribution in [0, 0.1) is 11.3 Å². The Labute approximate surface area is 259 Å². The van der Waals surface area contributed by atoms with E-state index >= 15 is 0 Å². The third-order valence-electron chi connectivity index (χ3n) is 8.96. The molecule has 0 radical (unpaired) electrons. The number of amides is 2. The molecule has 1 unspecified atom stereocenters. The van der Waals surface area contributed by atoms with Gasteiger partial charge in [-0.05, 0) is 62.4 Å². The molecule has 13 heteroatoms. The molecule has 2 aliphatic rings. The van der Waals surface area contributed by atoms with E-state index in [0.29, 0.717) is 37.6 Å². The molecule has 0 bridgehead atoms. The maximum Gasteiger partial charge on any atom is 0.332 e. The molecule has 1 saturated heterocycles. The molecule has 44 heavy (non-hydrogen) atoms. The first-order valence-electron chi connectivity index (χ1n) is 15.3. The van der Waals surface area contributed by atoms with Crippen molar-refractivity contribution in [3.63, 3.8) is 0 Å². The normalized spacial score (nSPS) is 20.0. The lowest BCUT2D eigenvalue weighted by Crippen LogP contribution is -2.68. The van der Waals surface area contributed by atoms with Crippen LogP contribution in [0.1, 0.15) is 65.2 Å². The van der Waals surface area contributed by atoms with Crippen molar-refractivity contribution in [1.82, 2.24) is 14.5 Å². The van der Waals surface area contributed by atoms with Gasteiger partial charge in [0.05, 0.1) is 17.9 Å². The molecule has 1 heterocycles. The molecule has 2 fully saturated rings. The molecule has 1 aliphatic heterocycles. The highest BCUT2D eigenvalue weighted by molar-refractivity contribution is 7.89.